The molecule has 4 rings (SSSR count). The highest BCUT2D eigenvalue weighted by atomic mass is 32.1. The Labute approximate surface area is 178 Å². The van der Waals surface area contributed by atoms with Gasteiger partial charge in [0.15, 0.2) is 0 Å². The van der Waals surface area contributed by atoms with Crippen LogP contribution in [-0.2, 0) is 9.59 Å². The van der Waals surface area contributed by atoms with Crippen LogP contribution in [-0.4, -0.2) is 26.0 Å². The summed E-state index contributed by atoms with van der Waals surface area (Å²) in [6, 6.07) is 16.3. The fourth-order valence-corrected chi connectivity index (χ4v) is 4.10. The lowest BCUT2D eigenvalue weighted by molar-refractivity contribution is -0.120. The summed E-state index contributed by atoms with van der Waals surface area (Å²) in [5, 5.41) is 5.07. The number of ether oxygens (including phenoxy) is 2. The van der Waals surface area contributed by atoms with E-state index in [4.69, 9.17) is 9.47 Å². The number of methoxy groups -OCH3 is 2. The van der Waals surface area contributed by atoms with Gasteiger partial charge in [-0.15, -0.1) is 11.3 Å². The Hall–Kier alpha value is -3.58. The van der Waals surface area contributed by atoms with Gasteiger partial charge in [-0.2, -0.15) is 0 Å². The highest BCUT2D eigenvalue weighted by Gasteiger charge is 2.42. The number of rotatable bonds is 6. The number of carbonyl (C=O) groups excluding carboxylic acids is 2. The van der Waals surface area contributed by atoms with Crippen LogP contribution < -0.4 is 19.7 Å². The maximum Gasteiger partial charge on any atom is 0.282 e. The predicted octanol–water partition coefficient (Wildman–Crippen LogP) is 4.47. The molecule has 1 aliphatic rings. The average Bonchev–Trinajstić information content (AvgIpc) is 3.36. The molecule has 30 heavy (non-hydrogen) atoms. The number of hydrogen-bond donors (Lipinski definition) is 1. The van der Waals surface area contributed by atoms with Gasteiger partial charge in [-0.25, -0.2) is 4.90 Å². The Morgan fingerprint density at radius 2 is 1.73 bits per heavy atom. The van der Waals surface area contributed by atoms with E-state index in [2.05, 4.69) is 5.32 Å². The first kappa shape index (κ1) is 19.7. The molecule has 152 valence electrons. The lowest BCUT2D eigenvalue weighted by Crippen LogP contribution is -2.32. The molecular formula is C23H20N2O4S. The Balaban J connectivity index is 1.82. The minimum Gasteiger partial charge on any atom is -0.497 e. The number of aryl methyl sites for hydroxylation is 1. The molecule has 6 nitrogen and oxygen atoms in total. The van der Waals surface area contributed by atoms with Crippen LogP contribution in [0.5, 0.6) is 11.5 Å². The summed E-state index contributed by atoms with van der Waals surface area (Å²) in [7, 11) is 3.03. The van der Waals surface area contributed by atoms with Crippen molar-refractivity contribution in [3.8, 4) is 11.5 Å². The summed E-state index contributed by atoms with van der Waals surface area (Å²) < 4.78 is 10.7. The molecular weight excluding hydrogens is 400 g/mol. The lowest BCUT2D eigenvalue weighted by atomic mass is 10.1. The largest absolute Gasteiger partial charge is 0.497 e. The molecule has 0 saturated heterocycles. The monoisotopic (exact) mass is 420 g/mol. The predicted molar refractivity (Wildman–Crippen MR) is 118 cm³/mol. The van der Waals surface area contributed by atoms with Gasteiger partial charge in [0.1, 0.15) is 17.2 Å². The molecule has 0 aliphatic carbocycles. The molecule has 0 atom stereocenters. The molecule has 1 N–H and O–H groups in total. The van der Waals surface area contributed by atoms with Gasteiger partial charge >= 0.3 is 0 Å². The number of para-hydroxylation sites is 1. The second-order valence-corrected chi connectivity index (χ2v) is 7.60. The number of anilines is 2. The van der Waals surface area contributed by atoms with E-state index in [0.717, 1.165) is 21.0 Å². The maximum atomic E-state index is 13.5. The number of amides is 2. The van der Waals surface area contributed by atoms with E-state index in [9.17, 15) is 9.59 Å². The number of nitrogens with zero attached hydrogens (tertiary/aromatic N) is 1. The SMILES string of the molecule is COc1ccc(N2C(=O)C(Nc3ccccc3C)=C(c3cccs3)C2=O)c(OC)c1. The van der Waals surface area contributed by atoms with Gasteiger partial charge in [-0.3, -0.25) is 9.59 Å². The zero-order valence-corrected chi connectivity index (χ0v) is 17.6. The first-order valence-corrected chi connectivity index (χ1v) is 10.1. The Bertz CT molecular complexity index is 1150. The van der Waals surface area contributed by atoms with Crippen molar-refractivity contribution in [2.75, 3.05) is 24.4 Å². The van der Waals surface area contributed by atoms with Crippen LogP contribution in [0.4, 0.5) is 11.4 Å². The number of thiophene rings is 1. The number of hydrogen-bond acceptors (Lipinski definition) is 6. The molecule has 0 spiro atoms. The van der Waals surface area contributed by atoms with Crippen molar-refractivity contribution in [2.45, 2.75) is 6.92 Å². The minimum atomic E-state index is -0.435. The molecule has 1 aromatic heterocycles. The fraction of sp³-hybridized carbons (Fsp3) is 0.130. The van der Waals surface area contributed by atoms with Crippen molar-refractivity contribution >= 4 is 40.1 Å². The number of nitrogens with one attached hydrogen (secondary N) is 1. The summed E-state index contributed by atoms with van der Waals surface area (Å²) >= 11 is 1.41. The highest BCUT2D eigenvalue weighted by molar-refractivity contribution is 7.11. The molecule has 2 amide bonds. The van der Waals surface area contributed by atoms with Gasteiger partial charge in [0.2, 0.25) is 0 Å². The van der Waals surface area contributed by atoms with Gasteiger partial charge in [-0.05, 0) is 42.1 Å². The summed E-state index contributed by atoms with van der Waals surface area (Å²) in [5.41, 5.74) is 2.69. The molecule has 0 fully saturated rings. The summed E-state index contributed by atoms with van der Waals surface area (Å²) in [6.45, 7) is 1.94. The lowest BCUT2D eigenvalue weighted by Gasteiger charge is -2.19. The van der Waals surface area contributed by atoms with Crippen molar-refractivity contribution in [1.29, 1.82) is 0 Å². The quantitative estimate of drug-likeness (QED) is 0.596. The van der Waals surface area contributed by atoms with E-state index < -0.39 is 11.8 Å². The topological polar surface area (TPSA) is 67.9 Å². The second kappa shape index (κ2) is 8.04. The third kappa shape index (κ3) is 3.33. The summed E-state index contributed by atoms with van der Waals surface area (Å²) in [6.07, 6.45) is 0. The summed E-state index contributed by atoms with van der Waals surface area (Å²) in [5.74, 6) is 0.107. The summed E-state index contributed by atoms with van der Waals surface area (Å²) in [4.78, 5) is 28.8. The highest BCUT2D eigenvalue weighted by Crippen LogP contribution is 2.40. The van der Waals surface area contributed by atoms with Crippen LogP contribution in [0, 0.1) is 6.92 Å². The van der Waals surface area contributed by atoms with E-state index in [1.165, 1.54) is 18.4 Å². The van der Waals surface area contributed by atoms with E-state index >= 15 is 0 Å². The molecule has 7 heteroatoms. The molecule has 1 aliphatic heterocycles. The number of benzene rings is 2. The van der Waals surface area contributed by atoms with Crippen molar-refractivity contribution in [1.82, 2.24) is 0 Å². The van der Waals surface area contributed by atoms with Crippen molar-refractivity contribution in [3.63, 3.8) is 0 Å². The van der Waals surface area contributed by atoms with Gasteiger partial charge in [0.05, 0.1) is 25.5 Å². The molecule has 0 unspecified atom stereocenters. The number of imide groups is 1. The molecule has 2 aromatic carbocycles. The fourth-order valence-electron chi connectivity index (χ4n) is 3.33. The van der Waals surface area contributed by atoms with Gasteiger partial charge in [-0.1, -0.05) is 24.3 Å². The van der Waals surface area contributed by atoms with E-state index in [-0.39, 0.29) is 5.70 Å². The Kier molecular flexibility index (Phi) is 5.29. The molecule has 0 saturated carbocycles. The average molecular weight is 420 g/mol. The molecule has 3 aromatic rings. The van der Waals surface area contributed by atoms with E-state index in [0.29, 0.717) is 22.8 Å². The first-order chi connectivity index (χ1) is 14.5. The molecule has 0 bridgehead atoms. The van der Waals surface area contributed by atoms with Crippen LogP contribution in [0.1, 0.15) is 10.4 Å². The standard InChI is InChI=1S/C23H20N2O4S/c1-14-7-4-5-8-16(14)24-21-20(19-9-6-12-30-19)22(26)25(23(21)27)17-11-10-15(28-2)13-18(17)29-3/h4-13,24H,1-3H3. The van der Waals surface area contributed by atoms with E-state index in [1.807, 2.05) is 48.7 Å². The van der Waals surface area contributed by atoms with Crippen molar-refractivity contribution < 1.29 is 19.1 Å². The minimum absolute atomic E-state index is 0.245. The van der Waals surface area contributed by atoms with Gasteiger partial charge in [0.25, 0.3) is 11.8 Å². The third-order valence-electron chi connectivity index (χ3n) is 4.88. The maximum absolute atomic E-state index is 13.5. The number of carbonyl (C=O) groups is 2. The van der Waals surface area contributed by atoms with E-state index in [1.54, 1.807) is 25.3 Å². The van der Waals surface area contributed by atoms with Crippen molar-refractivity contribution in [3.05, 3.63) is 76.1 Å². The zero-order chi connectivity index (χ0) is 21.3. The van der Waals surface area contributed by atoms with Crippen LogP contribution in [0.25, 0.3) is 5.57 Å². The Morgan fingerprint density at radius 1 is 0.933 bits per heavy atom. The molecule has 2 heterocycles. The first-order valence-electron chi connectivity index (χ1n) is 9.26. The molecule has 0 radical (unpaired) electrons. The van der Waals surface area contributed by atoms with Crippen LogP contribution in [0.2, 0.25) is 0 Å². The third-order valence-corrected chi connectivity index (χ3v) is 5.77. The smallest absolute Gasteiger partial charge is 0.282 e. The Morgan fingerprint density at radius 3 is 2.40 bits per heavy atom. The van der Waals surface area contributed by atoms with Crippen LogP contribution in [0.15, 0.2) is 65.7 Å². The van der Waals surface area contributed by atoms with Gasteiger partial charge < -0.3 is 14.8 Å². The van der Waals surface area contributed by atoms with Crippen LogP contribution >= 0.6 is 11.3 Å². The normalized spacial score (nSPS) is 13.8. The second-order valence-electron chi connectivity index (χ2n) is 6.65. The van der Waals surface area contributed by atoms with Crippen LogP contribution in [0.3, 0.4) is 0 Å². The van der Waals surface area contributed by atoms with Gasteiger partial charge in [0, 0.05) is 16.6 Å². The zero-order valence-electron chi connectivity index (χ0n) is 16.8. The van der Waals surface area contributed by atoms with Crippen molar-refractivity contribution in [2.24, 2.45) is 0 Å².